The molecule has 1 unspecified atom stereocenters. The van der Waals surface area contributed by atoms with Crippen molar-refractivity contribution in [2.75, 3.05) is 0 Å². The Balaban J connectivity index is 0.000000232. The molecule has 0 saturated heterocycles. The van der Waals surface area contributed by atoms with E-state index in [1.807, 2.05) is 12.1 Å². The number of halogens is 6. The van der Waals surface area contributed by atoms with E-state index in [0.717, 1.165) is 29.8 Å². The maximum Gasteiger partial charge on any atom is 0.416 e. The molecule has 0 saturated carbocycles. The first-order chi connectivity index (χ1) is 19.1. The van der Waals surface area contributed by atoms with Gasteiger partial charge in [-0.2, -0.15) is 26.3 Å². The zero-order valence-corrected chi connectivity index (χ0v) is 22.7. The molecule has 10 heteroatoms. The van der Waals surface area contributed by atoms with Crippen LogP contribution in [0.3, 0.4) is 0 Å². The average molecular weight is 577 g/mol. The lowest BCUT2D eigenvalue weighted by atomic mass is 9.86. The zero-order valence-electron chi connectivity index (χ0n) is 22.7. The lowest BCUT2D eigenvalue weighted by Gasteiger charge is -2.20. The minimum Gasteiger partial charge on any atom is -0.384 e. The van der Waals surface area contributed by atoms with E-state index < -0.39 is 29.6 Å². The number of alkyl halides is 6. The Labute approximate surface area is 234 Å². The number of benzene rings is 3. The molecular formula is C31H30F6N2O2. The van der Waals surface area contributed by atoms with E-state index in [2.05, 4.69) is 42.9 Å². The first-order valence-corrected chi connectivity index (χ1v) is 12.6. The van der Waals surface area contributed by atoms with Crippen molar-refractivity contribution >= 4 is 0 Å². The smallest absolute Gasteiger partial charge is 0.384 e. The Morgan fingerprint density at radius 1 is 0.659 bits per heavy atom. The van der Waals surface area contributed by atoms with Crippen molar-refractivity contribution in [3.8, 4) is 0 Å². The van der Waals surface area contributed by atoms with Gasteiger partial charge in [0.15, 0.2) is 0 Å². The van der Waals surface area contributed by atoms with Gasteiger partial charge < -0.3 is 9.84 Å². The van der Waals surface area contributed by atoms with Crippen molar-refractivity contribution in [1.82, 2.24) is 9.97 Å². The Hall–Kier alpha value is -3.76. The third-order valence-electron chi connectivity index (χ3n) is 6.03. The van der Waals surface area contributed by atoms with Gasteiger partial charge in [0.05, 0.1) is 24.3 Å². The van der Waals surface area contributed by atoms with Gasteiger partial charge in [-0.25, -0.2) is 9.97 Å². The van der Waals surface area contributed by atoms with E-state index in [-0.39, 0.29) is 18.6 Å². The molecule has 0 aliphatic carbocycles. The molecule has 4 aromatic rings. The predicted octanol–water partition coefficient (Wildman–Crippen LogP) is 8.30. The van der Waals surface area contributed by atoms with Crippen LogP contribution in [0.4, 0.5) is 26.3 Å². The molecule has 4 rings (SSSR count). The van der Waals surface area contributed by atoms with Gasteiger partial charge in [-0.3, -0.25) is 0 Å². The number of hydrogen-bond donors (Lipinski definition) is 1. The molecular weight excluding hydrogens is 546 g/mol. The molecule has 1 atom stereocenters. The van der Waals surface area contributed by atoms with Gasteiger partial charge in [-0.1, -0.05) is 69.3 Å². The number of aliphatic hydroxyl groups excluding tert-OH is 1. The van der Waals surface area contributed by atoms with Gasteiger partial charge in [0.25, 0.3) is 0 Å². The summed E-state index contributed by atoms with van der Waals surface area (Å²) in [6.45, 7) is 6.26. The number of nitrogens with zero attached hydrogens (tertiary/aromatic N) is 2. The maximum absolute atomic E-state index is 12.6. The molecule has 0 amide bonds. The number of aliphatic hydroxyl groups is 1. The highest BCUT2D eigenvalue weighted by molar-refractivity contribution is 5.32. The minimum absolute atomic E-state index is 0.124. The molecule has 1 N–H and O–H groups in total. The van der Waals surface area contributed by atoms with Crippen LogP contribution >= 0.6 is 0 Å². The van der Waals surface area contributed by atoms with Crippen LogP contribution in [0.15, 0.2) is 91.5 Å². The number of rotatable bonds is 6. The molecule has 0 aliphatic heterocycles. The van der Waals surface area contributed by atoms with Gasteiger partial charge in [0, 0.05) is 18.0 Å². The first kappa shape index (κ1) is 31.8. The fourth-order valence-electron chi connectivity index (χ4n) is 3.77. The summed E-state index contributed by atoms with van der Waals surface area (Å²) in [4.78, 5) is 7.83. The zero-order chi connectivity index (χ0) is 30.3. The molecule has 218 valence electrons. The molecule has 0 radical (unpaired) electrons. The minimum atomic E-state index is -4.45. The largest absolute Gasteiger partial charge is 0.416 e. The van der Waals surface area contributed by atoms with Crippen LogP contribution in [0.5, 0.6) is 0 Å². The lowest BCUT2D eigenvalue weighted by molar-refractivity contribution is -0.138. The number of ether oxygens (including phenoxy) is 1. The summed E-state index contributed by atoms with van der Waals surface area (Å²) in [6, 6.07) is 17.2. The molecule has 0 spiro atoms. The van der Waals surface area contributed by atoms with E-state index in [4.69, 9.17) is 4.74 Å². The quantitative estimate of drug-likeness (QED) is 0.235. The van der Waals surface area contributed by atoms with Gasteiger partial charge in [-0.05, 0) is 51.9 Å². The highest BCUT2D eigenvalue weighted by Gasteiger charge is 2.31. The summed E-state index contributed by atoms with van der Waals surface area (Å²) < 4.78 is 80.6. The second kappa shape index (κ2) is 13.3. The maximum atomic E-state index is 12.6. The van der Waals surface area contributed by atoms with E-state index in [1.54, 1.807) is 12.4 Å². The predicted molar refractivity (Wildman–Crippen MR) is 143 cm³/mol. The molecule has 1 aromatic heterocycles. The third kappa shape index (κ3) is 9.68. The van der Waals surface area contributed by atoms with E-state index in [0.29, 0.717) is 16.7 Å². The van der Waals surface area contributed by atoms with Crippen molar-refractivity contribution in [2.24, 2.45) is 0 Å². The molecule has 4 nitrogen and oxygen atoms in total. The van der Waals surface area contributed by atoms with Crippen molar-refractivity contribution in [2.45, 2.75) is 57.9 Å². The van der Waals surface area contributed by atoms with Crippen LogP contribution in [-0.4, -0.2) is 15.1 Å². The van der Waals surface area contributed by atoms with Crippen LogP contribution in [0.1, 0.15) is 65.8 Å². The monoisotopic (exact) mass is 576 g/mol. The Morgan fingerprint density at radius 2 is 1.12 bits per heavy atom. The van der Waals surface area contributed by atoms with Crippen LogP contribution in [0.25, 0.3) is 0 Å². The standard InChI is InChI=1S/C16H12F6O.C15H18N2O/c17-15(18,19)13-5-1-3-11(7-13)9-23-10-12-4-2-6-14(8-12)16(20,21)22;1-15(2,3)13-6-4-11(5-7-13)14(18)12-8-16-10-17-9-12/h1-8H,9-10H2;4-10,14,18H,1-3H3. The molecule has 0 aliphatic rings. The van der Waals surface area contributed by atoms with Crippen LogP contribution in [0.2, 0.25) is 0 Å². The topological polar surface area (TPSA) is 55.2 Å². The van der Waals surface area contributed by atoms with E-state index in [1.165, 1.54) is 36.2 Å². The van der Waals surface area contributed by atoms with Crippen molar-refractivity contribution in [3.05, 3.63) is 130 Å². The summed E-state index contributed by atoms with van der Waals surface area (Å²) in [6.07, 6.45) is -4.84. The van der Waals surface area contributed by atoms with Crippen molar-refractivity contribution in [1.29, 1.82) is 0 Å². The fourth-order valence-corrected chi connectivity index (χ4v) is 3.77. The van der Waals surface area contributed by atoms with Crippen molar-refractivity contribution in [3.63, 3.8) is 0 Å². The summed E-state index contributed by atoms with van der Waals surface area (Å²) in [5, 5.41) is 10.2. The number of hydrogen-bond acceptors (Lipinski definition) is 4. The first-order valence-electron chi connectivity index (χ1n) is 12.6. The summed E-state index contributed by atoms with van der Waals surface area (Å²) >= 11 is 0. The molecule has 1 heterocycles. The Bertz CT molecular complexity index is 1330. The second-order valence-electron chi connectivity index (χ2n) is 10.3. The normalized spacial score (nSPS) is 12.8. The molecule has 41 heavy (non-hydrogen) atoms. The highest BCUT2D eigenvalue weighted by atomic mass is 19.4. The summed E-state index contributed by atoms with van der Waals surface area (Å²) in [5.41, 5.74) is 1.95. The van der Waals surface area contributed by atoms with Gasteiger partial charge in [-0.15, -0.1) is 0 Å². The van der Waals surface area contributed by atoms with Crippen LogP contribution in [-0.2, 0) is 35.7 Å². The van der Waals surface area contributed by atoms with Gasteiger partial charge in [0.2, 0.25) is 0 Å². The highest BCUT2D eigenvalue weighted by Crippen LogP contribution is 2.31. The number of aromatic nitrogens is 2. The fraction of sp³-hybridized carbons (Fsp3) is 0.290. The lowest BCUT2D eigenvalue weighted by Crippen LogP contribution is -2.11. The van der Waals surface area contributed by atoms with Gasteiger partial charge in [0.1, 0.15) is 12.4 Å². The van der Waals surface area contributed by atoms with Gasteiger partial charge >= 0.3 is 12.4 Å². The molecule has 3 aromatic carbocycles. The Morgan fingerprint density at radius 3 is 1.54 bits per heavy atom. The van der Waals surface area contributed by atoms with E-state index >= 15 is 0 Å². The third-order valence-corrected chi connectivity index (χ3v) is 6.03. The second-order valence-corrected chi connectivity index (χ2v) is 10.3. The molecule has 0 fully saturated rings. The Kier molecular flexibility index (Phi) is 10.3. The van der Waals surface area contributed by atoms with E-state index in [9.17, 15) is 31.4 Å². The SMILES string of the molecule is CC(C)(C)c1ccc(C(O)c2cncnc2)cc1.FC(F)(F)c1cccc(COCc2cccc(C(F)(F)F)c2)c1. The van der Waals surface area contributed by atoms with Crippen LogP contribution < -0.4 is 0 Å². The average Bonchev–Trinajstić information content (AvgIpc) is 2.92. The summed E-state index contributed by atoms with van der Waals surface area (Å²) in [7, 11) is 0. The van der Waals surface area contributed by atoms with Crippen molar-refractivity contribution < 1.29 is 36.2 Å². The van der Waals surface area contributed by atoms with Crippen LogP contribution in [0, 0.1) is 0 Å². The summed E-state index contributed by atoms with van der Waals surface area (Å²) in [5.74, 6) is 0. The molecule has 0 bridgehead atoms.